The molecule has 0 saturated carbocycles. The van der Waals surface area contributed by atoms with E-state index in [1.54, 1.807) is 16.9 Å². The summed E-state index contributed by atoms with van der Waals surface area (Å²) < 4.78 is 1.69. The Morgan fingerprint density at radius 3 is 3.05 bits per heavy atom. The van der Waals surface area contributed by atoms with Gasteiger partial charge in [0.2, 0.25) is 5.91 Å². The van der Waals surface area contributed by atoms with Gasteiger partial charge in [0.15, 0.2) is 0 Å². The summed E-state index contributed by atoms with van der Waals surface area (Å²) in [5, 5.41) is 10.8. The van der Waals surface area contributed by atoms with Crippen molar-refractivity contribution < 1.29 is 4.79 Å². The van der Waals surface area contributed by atoms with E-state index >= 15 is 0 Å². The van der Waals surface area contributed by atoms with E-state index in [9.17, 15) is 4.79 Å². The molecule has 1 amide bonds. The fourth-order valence-electron chi connectivity index (χ4n) is 2.30. The first-order valence-corrected chi connectivity index (χ1v) is 6.93. The Morgan fingerprint density at radius 2 is 2.40 bits per heavy atom. The van der Waals surface area contributed by atoms with Gasteiger partial charge in [-0.1, -0.05) is 11.6 Å². The zero-order valence-electron chi connectivity index (χ0n) is 10.8. The number of nitrogens with one attached hydrogen (secondary N) is 2. The van der Waals surface area contributed by atoms with Crippen LogP contribution in [0.2, 0.25) is 5.02 Å². The van der Waals surface area contributed by atoms with Gasteiger partial charge in [0.05, 0.1) is 16.6 Å². The van der Waals surface area contributed by atoms with Crippen LogP contribution >= 0.6 is 11.6 Å². The van der Waals surface area contributed by atoms with E-state index < -0.39 is 0 Å². The highest BCUT2D eigenvalue weighted by molar-refractivity contribution is 6.32. The standard InChI is InChI=1S/C14H15ClN4O/c15-12-8-11(18-14(20)10-4-6-16-9-10)2-3-13(12)19-7-1-5-17-19/h1-3,5,7-8,10,16H,4,6,9H2,(H,18,20). The summed E-state index contributed by atoms with van der Waals surface area (Å²) in [7, 11) is 0. The largest absolute Gasteiger partial charge is 0.326 e. The molecule has 0 radical (unpaired) electrons. The highest BCUT2D eigenvalue weighted by atomic mass is 35.5. The third-order valence-corrected chi connectivity index (χ3v) is 3.70. The molecule has 1 unspecified atom stereocenters. The summed E-state index contributed by atoms with van der Waals surface area (Å²) in [5.74, 6) is 0.0810. The zero-order valence-corrected chi connectivity index (χ0v) is 11.6. The van der Waals surface area contributed by atoms with Crippen molar-refractivity contribution in [1.29, 1.82) is 0 Å². The predicted octanol–water partition coefficient (Wildman–Crippen LogP) is 2.07. The van der Waals surface area contributed by atoms with Crippen LogP contribution in [0.3, 0.4) is 0 Å². The Morgan fingerprint density at radius 1 is 1.50 bits per heavy atom. The molecular formula is C14H15ClN4O. The lowest BCUT2D eigenvalue weighted by Crippen LogP contribution is -2.24. The molecule has 1 aromatic carbocycles. The van der Waals surface area contributed by atoms with Crippen LogP contribution in [0.4, 0.5) is 5.69 Å². The third kappa shape index (κ3) is 2.69. The van der Waals surface area contributed by atoms with Crippen molar-refractivity contribution in [3.05, 3.63) is 41.7 Å². The molecule has 1 fully saturated rings. The molecule has 1 aromatic heterocycles. The minimum atomic E-state index is 0.0397. The molecule has 1 atom stereocenters. The van der Waals surface area contributed by atoms with Crippen LogP contribution in [-0.4, -0.2) is 28.8 Å². The minimum absolute atomic E-state index is 0.0397. The fraction of sp³-hybridized carbons (Fsp3) is 0.286. The topological polar surface area (TPSA) is 59.0 Å². The third-order valence-electron chi connectivity index (χ3n) is 3.40. The quantitative estimate of drug-likeness (QED) is 0.910. The lowest BCUT2D eigenvalue weighted by Gasteiger charge is -2.11. The maximum absolute atomic E-state index is 12.0. The molecule has 6 heteroatoms. The van der Waals surface area contributed by atoms with Crippen molar-refractivity contribution in [2.24, 2.45) is 5.92 Å². The monoisotopic (exact) mass is 290 g/mol. The maximum atomic E-state index is 12.0. The molecule has 20 heavy (non-hydrogen) atoms. The van der Waals surface area contributed by atoms with Crippen LogP contribution in [0.15, 0.2) is 36.7 Å². The number of nitrogens with zero attached hydrogens (tertiary/aromatic N) is 2. The molecular weight excluding hydrogens is 276 g/mol. The number of hydrogen-bond acceptors (Lipinski definition) is 3. The number of anilines is 1. The van der Waals surface area contributed by atoms with Crippen LogP contribution < -0.4 is 10.6 Å². The molecule has 0 aliphatic carbocycles. The summed E-state index contributed by atoms with van der Waals surface area (Å²) in [6.07, 6.45) is 4.40. The summed E-state index contributed by atoms with van der Waals surface area (Å²) in [6, 6.07) is 7.26. The maximum Gasteiger partial charge on any atom is 0.228 e. The van der Waals surface area contributed by atoms with Gasteiger partial charge in [-0.15, -0.1) is 0 Å². The summed E-state index contributed by atoms with van der Waals surface area (Å²) >= 11 is 6.24. The fourth-order valence-corrected chi connectivity index (χ4v) is 2.57. The van der Waals surface area contributed by atoms with Gasteiger partial charge in [-0.05, 0) is 37.2 Å². The first kappa shape index (κ1) is 13.1. The van der Waals surface area contributed by atoms with E-state index in [-0.39, 0.29) is 11.8 Å². The Balaban J connectivity index is 1.75. The second kappa shape index (κ2) is 5.64. The van der Waals surface area contributed by atoms with E-state index in [0.29, 0.717) is 10.7 Å². The highest BCUT2D eigenvalue weighted by Gasteiger charge is 2.22. The van der Waals surface area contributed by atoms with Gasteiger partial charge in [0.25, 0.3) is 0 Å². The van der Waals surface area contributed by atoms with Crippen molar-refractivity contribution in [2.75, 3.05) is 18.4 Å². The molecule has 1 aliphatic rings. The Bertz CT molecular complexity index is 606. The lowest BCUT2D eigenvalue weighted by atomic mass is 10.1. The first-order chi connectivity index (χ1) is 9.74. The molecule has 1 aliphatic heterocycles. The van der Waals surface area contributed by atoms with Crippen molar-refractivity contribution in [3.63, 3.8) is 0 Å². The molecule has 2 aromatic rings. The Hall–Kier alpha value is -1.85. The Labute approximate surface area is 121 Å². The van der Waals surface area contributed by atoms with E-state index in [2.05, 4.69) is 15.7 Å². The molecule has 104 valence electrons. The van der Waals surface area contributed by atoms with Crippen LogP contribution in [0, 0.1) is 5.92 Å². The highest BCUT2D eigenvalue weighted by Crippen LogP contribution is 2.24. The van der Waals surface area contributed by atoms with Gasteiger partial charge in [-0.3, -0.25) is 4.79 Å². The van der Waals surface area contributed by atoms with Crippen LogP contribution in [-0.2, 0) is 4.79 Å². The number of aromatic nitrogens is 2. The van der Waals surface area contributed by atoms with Gasteiger partial charge < -0.3 is 10.6 Å². The number of benzene rings is 1. The normalized spacial score (nSPS) is 18.1. The molecule has 5 nitrogen and oxygen atoms in total. The molecule has 0 bridgehead atoms. The van der Waals surface area contributed by atoms with Crippen molar-refractivity contribution in [1.82, 2.24) is 15.1 Å². The summed E-state index contributed by atoms with van der Waals surface area (Å²) in [4.78, 5) is 12.0. The molecule has 3 rings (SSSR count). The van der Waals surface area contributed by atoms with E-state index in [1.807, 2.05) is 24.4 Å². The second-order valence-electron chi connectivity index (χ2n) is 4.80. The summed E-state index contributed by atoms with van der Waals surface area (Å²) in [6.45, 7) is 1.64. The van der Waals surface area contributed by atoms with Crippen LogP contribution in [0.5, 0.6) is 0 Å². The van der Waals surface area contributed by atoms with Gasteiger partial charge in [0.1, 0.15) is 0 Å². The van der Waals surface area contributed by atoms with Crippen LogP contribution in [0.25, 0.3) is 5.69 Å². The predicted molar refractivity (Wildman–Crippen MR) is 78.2 cm³/mol. The number of rotatable bonds is 3. The number of hydrogen-bond donors (Lipinski definition) is 2. The van der Waals surface area contributed by atoms with Gasteiger partial charge in [-0.2, -0.15) is 5.10 Å². The van der Waals surface area contributed by atoms with Crippen molar-refractivity contribution in [3.8, 4) is 5.69 Å². The van der Waals surface area contributed by atoms with Crippen molar-refractivity contribution in [2.45, 2.75) is 6.42 Å². The number of carbonyl (C=O) groups is 1. The van der Waals surface area contributed by atoms with Gasteiger partial charge in [0, 0.05) is 24.6 Å². The summed E-state index contributed by atoms with van der Waals surface area (Å²) in [5.41, 5.74) is 1.50. The first-order valence-electron chi connectivity index (χ1n) is 6.55. The number of halogens is 1. The smallest absolute Gasteiger partial charge is 0.228 e. The molecule has 2 N–H and O–H groups in total. The molecule has 0 spiro atoms. The SMILES string of the molecule is O=C(Nc1ccc(-n2cccn2)c(Cl)c1)C1CCNC1. The van der Waals surface area contributed by atoms with Gasteiger partial charge >= 0.3 is 0 Å². The average molecular weight is 291 g/mol. The van der Waals surface area contributed by atoms with Crippen LogP contribution in [0.1, 0.15) is 6.42 Å². The van der Waals surface area contributed by atoms with E-state index in [4.69, 9.17) is 11.6 Å². The van der Waals surface area contributed by atoms with E-state index in [1.165, 1.54) is 0 Å². The minimum Gasteiger partial charge on any atom is -0.326 e. The molecule has 1 saturated heterocycles. The molecule has 2 heterocycles. The number of amides is 1. The number of carbonyl (C=O) groups excluding carboxylic acids is 1. The second-order valence-corrected chi connectivity index (χ2v) is 5.20. The zero-order chi connectivity index (χ0) is 13.9. The average Bonchev–Trinajstić information content (AvgIpc) is 3.12. The van der Waals surface area contributed by atoms with Gasteiger partial charge in [-0.25, -0.2) is 4.68 Å². The lowest BCUT2D eigenvalue weighted by molar-refractivity contribution is -0.119. The van der Waals surface area contributed by atoms with E-state index in [0.717, 1.165) is 25.2 Å². The Kier molecular flexibility index (Phi) is 3.71. The van der Waals surface area contributed by atoms with Crippen molar-refractivity contribution >= 4 is 23.2 Å².